The van der Waals surface area contributed by atoms with Gasteiger partial charge in [0.2, 0.25) is 0 Å². The summed E-state index contributed by atoms with van der Waals surface area (Å²) in [7, 11) is 3.49. The summed E-state index contributed by atoms with van der Waals surface area (Å²) >= 11 is 0. The molecular formula is C36H28O2. The number of rotatable bonds is 2. The lowest BCUT2D eigenvalue weighted by Gasteiger charge is -2.21. The second kappa shape index (κ2) is 7.17. The van der Waals surface area contributed by atoms with E-state index in [9.17, 15) is 0 Å². The molecule has 0 unspecified atom stereocenters. The fourth-order valence-electron chi connectivity index (χ4n) is 6.76. The topological polar surface area (TPSA) is 18.5 Å². The Balaban J connectivity index is 1.66. The average Bonchev–Trinajstić information content (AvgIpc) is 3.42. The van der Waals surface area contributed by atoms with Gasteiger partial charge >= 0.3 is 0 Å². The molecule has 38 heavy (non-hydrogen) atoms. The highest BCUT2D eigenvalue weighted by Gasteiger charge is 2.23. The molecule has 2 heteroatoms. The molecule has 0 spiro atoms. The third-order valence-electron chi connectivity index (χ3n) is 8.67. The smallest absolute Gasteiger partial charge is 0.119 e. The molecule has 0 bridgehead atoms. The van der Waals surface area contributed by atoms with Crippen molar-refractivity contribution in [1.82, 2.24) is 0 Å². The van der Waals surface area contributed by atoms with Crippen LogP contribution >= 0.6 is 0 Å². The predicted molar refractivity (Wildman–Crippen MR) is 163 cm³/mol. The zero-order valence-electron chi connectivity index (χ0n) is 22.3. The van der Waals surface area contributed by atoms with Gasteiger partial charge in [0.05, 0.1) is 14.2 Å². The van der Waals surface area contributed by atoms with Gasteiger partial charge in [0.1, 0.15) is 11.5 Å². The first-order chi connectivity index (χ1) is 18.4. The van der Waals surface area contributed by atoms with E-state index in [1.165, 1.54) is 81.0 Å². The molecule has 0 N–H and O–H groups in total. The van der Waals surface area contributed by atoms with Gasteiger partial charge in [-0.25, -0.2) is 0 Å². The van der Waals surface area contributed by atoms with Crippen LogP contribution in [-0.4, -0.2) is 14.2 Å². The molecule has 0 radical (unpaired) electrons. The second-order valence-electron chi connectivity index (χ2n) is 11.7. The SMILES string of the molecule is COc1ccc2c(c1)c1cccc3c4cc5c6ccc(OC)cc6c6cc(C(C)(C)C)cc(c4cc2c13)c65. The Morgan fingerprint density at radius 3 is 1.34 bits per heavy atom. The van der Waals surface area contributed by atoms with E-state index in [0.717, 1.165) is 11.5 Å². The van der Waals surface area contributed by atoms with Crippen LogP contribution in [0.1, 0.15) is 26.3 Å². The minimum absolute atomic E-state index is 0.0264. The highest BCUT2D eigenvalue weighted by atomic mass is 16.5. The van der Waals surface area contributed by atoms with Crippen LogP contribution in [0, 0.1) is 0 Å². The minimum Gasteiger partial charge on any atom is -0.497 e. The molecule has 8 rings (SSSR count). The number of ether oxygens (including phenoxy) is 2. The van der Waals surface area contributed by atoms with Gasteiger partial charge in [-0.3, -0.25) is 0 Å². The molecule has 0 heterocycles. The molecule has 0 aliphatic carbocycles. The maximum absolute atomic E-state index is 5.64. The standard InChI is InChI=1S/C36H28O2/c1-36(2,3)19-13-30-27-16-21(38-5)10-12-23(27)33-17-28-25-8-6-7-24-26-15-20(37-4)9-11-22(26)32(34(24)25)18-29(28)31(14-19)35(30)33/h6-18H,1-5H3. The van der Waals surface area contributed by atoms with Crippen LogP contribution in [0.4, 0.5) is 0 Å². The fraction of sp³-hybridized carbons (Fsp3) is 0.167. The van der Waals surface area contributed by atoms with Gasteiger partial charge in [-0.15, -0.1) is 0 Å². The van der Waals surface area contributed by atoms with Crippen molar-refractivity contribution in [2.45, 2.75) is 26.2 Å². The highest BCUT2D eigenvalue weighted by Crippen LogP contribution is 2.49. The quantitative estimate of drug-likeness (QED) is 0.224. The summed E-state index contributed by atoms with van der Waals surface area (Å²) in [5, 5.41) is 18.3. The van der Waals surface area contributed by atoms with Gasteiger partial charge in [-0.05, 0) is 135 Å². The van der Waals surface area contributed by atoms with E-state index in [2.05, 4.69) is 99.6 Å². The summed E-state index contributed by atoms with van der Waals surface area (Å²) in [6, 6.07) is 29.5. The molecule has 0 saturated heterocycles. The van der Waals surface area contributed by atoms with Crippen LogP contribution in [0.25, 0.3) is 75.4 Å². The molecule has 0 atom stereocenters. The normalized spacial score (nSPS) is 12.9. The van der Waals surface area contributed by atoms with Gasteiger partial charge in [0.15, 0.2) is 0 Å². The maximum atomic E-state index is 5.64. The Morgan fingerprint density at radius 2 is 0.842 bits per heavy atom. The van der Waals surface area contributed by atoms with E-state index in [-0.39, 0.29) is 5.41 Å². The van der Waals surface area contributed by atoms with Crippen molar-refractivity contribution < 1.29 is 9.47 Å². The lowest BCUT2D eigenvalue weighted by atomic mass is 9.83. The molecule has 0 aromatic heterocycles. The lowest BCUT2D eigenvalue weighted by Crippen LogP contribution is -2.10. The average molecular weight is 493 g/mol. The van der Waals surface area contributed by atoms with Crippen molar-refractivity contribution in [2.24, 2.45) is 0 Å². The molecular weight excluding hydrogens is 464 g/mol. The van der Waals surface area contributed by atoms with Crippen LogP contribution < -0.4 is 9.47 Å². The van der Waals surface area contributed by atoms with E-state index in [1.54, 1.807) is 14.2 Å². The molecule has 0 saturated carbocycles. The lowest BCUT2D eigenvalue weighted by molar-refractivity contribution is 0.415. The Labute approximate surface area is 221 Å². The molecule has 0 aliphatic heterocycles. The van der Waals surface area contributed by atoms with Gasteiger partial charge in [-0.2, -0.15) is 0 Å². The molecule has 0 aliphatic rings. The Morgan fingerprint density at radius 1 is 0.421 bits per heavy atom. The predicted octanol–water partition coefficient (Wildman–Crippen LogP) is 9.95. The number of fused-ring (bicyclic) bond motifs is 9. The second-order valence-corrected chi connectivity index (χ2v) is 11.7. The van der Waals surface area contributed by atoms with E-state index in [1.807, 2.05) is 0 Å². The Kier molecular flexibility index (Phi) is 4.10. The molecule has 0 amide bonds. The first-order valence-corrected chi connectivity index (χ1v) is 13.3. The van der Waals surface area contributed by atoms with Crippen molar-refractivity contribution >= 4 is 75.4 Å². The van der Waals surface area contributed by atoms with Crippen molar-refractivity contribution in [3.05, 3.63) is 84.4 Å². The van der Waals surface area contributed by atoms with Gasteiger partial charge in [-0.1, -0.05) is 51.1 Å². The molecule has 8 aromatic rings. The van der Waals surface area contributed by atoms with Crippen molar-refractivity contribution in [3.63, 3.8) is 0 Å². The number of benzene rings is 6. The Hall–Kier alpha value is -4.30. The number of hydrogen-bond donors (Lipinski definition) is 0. The zero-order valence-corrected chi connectivity index (χ0v) is 22.3. The number of hydrogen-bond acceptors (Lipinski definition) is 2. The van der Waals surface area contributed by atoms with Crippen LogP contribution in [0.3, 0.4) is 0 Å². The van der Waals surface area contributed by atoms with E-state index in [0.29, 0.717) is 0 Å². The minimum atomic E-state index is 0.0264. The first kappa shape index (κ1) is 21.8. The highest BCUT2D eigenvalue weighted by molar-refractivity contribution is 6.41. The zero-order chi connectivity index (χ0) is 25.9. The summed E-state index contributed by atoms with van der Waals surface area (Å²) in [5.41, 5.74) is 1.38. The number of methoxy groups -OCH3 is 2. The summed E-state index contributed by atoms with van der Waals surface area (Å²) in [6.45, 7) is 6.91. The third-order valence-corrected chi connectivity index (χ3v) is 8.67. The molecule has 8 aromatic carbocycles. The van der Waals surface area contributed by atoms with Crippen LogP contribution in [0.15, 0.2) is 78.9 Å². The summed E-state index contributed by atoms with van der Waals surface area (Å²) in [4.78, 5) is 0. The monoisotopic (exact) mass is 492 g/mol. The largest absolute Gasteiger partial charge is 0.497 e. The van der Waals surface area contributed by atoms with Gasteiger partial charge in [0, 0.05) is 0 Å². The third kappa shape index (κ3) is 2.67. The van der Waals surface area contributed by atoms with Gasteiger partial charge in [0.25, 0.3) is 0 Å². The molecule has 2 nitrogen and oxygen atoms in total. The Bertz CT molecular complexity index is 2230. The fourth-order valence-corrected chi connectivity index (χ4v) is 6.76. The van der Waals surface area contributed by atoms with E-state index >= 15 is 0 Å². The summed E-state index contributed by atoms with van der Waals surface area (Å²) in [5.74, 6) is 1.79. The van der Waals surface area contributed by atoms with Crippen LogP contribution in [0.5, 0.6) is 11.5 Å². The maximum Gasteiger partial charge on any atom is 0.119 e. The molecule has 184 valence electrons. The first-order valence-electron chi connectivity index (χ1n) is 13.3. The summed E-state index contributed by atoms with van der Waals surface area (Å²) in [6.07, 6.45) is 0. The van der Waals surface area contributed by atoms with E-state index < -0.39 is 0 Å². The summed E-state index contributed by atoms with van der Waals surface area (Å²) < 4.78 is 11.2. The van der Waals surface area contributed by atoms with Gasteiger partial charge < -0.3 is 9.47 Å². The van der Waals surface area contributed by atoms with Crippen molar-refractivity contribution in [2.75, 3.05) is 14.2 Å². The van der Waals surface area contributed by atoms with E-state index in [4.69, 9.17) is 9.47 Å². The van der Waals surface area contributed by atoms with Crippen molar-refractivity contribution in [3.8, 4) is 11.5 Å². The van der Waals surface area contributed by atoms with Crippen molar-refractivity contribution in [1.29, 1.82) is 0 Å². The molecule has 0 fully saturated rings. The van der Waals surface area contributed by atoms with Crippen LogP contribution in [0.2, 0.25) is 0 Å². The van der Waals surface area contributed by atoms with Crippen LogP contribution in [-0.2, 0) is 5.41 Å².